The van der Waals surface area contributed by atoms with Gasteiger partial charge in [0.15, 0.2) is 10.8 Å². The Labute approximate surface area is 205 Å². The van der Waals surface area contributed by atoms with Crippen LogP contribution in [0, 0.1) is 0 Å². The van der Waals surface area contributed by atoms with Crippen LogP contribution in [0.25, 0.3) is 26.4 Å². The molecule has 0 bridgehead atoms. The molecule has 2 aromatic carbocycles. The summed E-state index contributed by atoms with van der Waals surface area (Å²) in [5.41, 5.74) is 1.72. The second-order valence-corrected chi connectivity index (χ2v) is 9.69. The smallest absolute Gasteiger partial charge is 0.261 e. The monoisotopic (exact) mass is 487 g/mol. The van der Waals surface area contributed by atoms with E-state index in [2.05, 4.69) is 20.1 Å². The zero-order chi connectivity index (χ0) is 23.8. The van der Waals surface area contributed by atoms with E-state index in [0.29, 0.717) is 17.8 Å². The van der Waals surface area contributed by atoms with Gasteiger partial charge in [-0.1, -0.05) is 35.6 Å². The molecule has 10 heteroatoms. The average molecular weight is 488 g/mol. The van der Waals surface area contributed by atoms with Crippen molar-refractivity contribution in [3.8, 4) is 16.3 Å². The summed E-state index contributed by atoms with van der Waals surface area (Å²) in [4.78, 5) is 20.4. The van der Waals surface area contributed by atoms with Crippen LogP contribution in [-0.2, 0) is 6.54 Å². The molecule has 0 atom stereocenters. The van der Waals surface area contributed by atoms with Gasteiger partial charge in [0.25, 0.3) is 5.56 Å². The molecular formula is C25H25N7O2S. The third-order valence-electron chi connectivity index (χ3n) is 6.69. The van der Waals surface area contributed by atoms with Crippen molar-refractivity contribution in [2.24, 2.45) is 0 Å². The molecule has 5 aromatic rings. The Balaban J connectivity index is 1.13. The molecule has 4 heterocycles. The van der Waals surface area contributed by atoms with Crippen molar-refractivity contribution in [1.82, 2.24) is 34.3 Å². The minimum Gasteiger partial charge on any atom is -0.496 e. The molecule has 0 saturated carbocycles. The van der Waals surface area contributed by atoms with Crippen LogP contribution in [0.5, 0.6) is 5.75 Å². The zero-order valence-electron chi connectivity index (χ0n) is 19.4. The molecule has 178 valence electrons. The van der Waals surface area contributed by atoms with Crippen molar-refractivity contribution in [1.29, 1.82) is 0 Å². The fraction of sp³-hybridized carbons (Fsp3) is 0.320. The van der Waals surface area contributed by atoms with E-state index >= 15 is 0 Å². The predicted molar refractivity (Wildman–Crippen MR) is 135 cm³/mol. The fourth-order valence-corrected chi connectivity index (χ4v) is 5.62. The summed E-state index contributed by atoms with van der Waals surface area (Å²) in [5, 5.41) is 15.2. The van der Waals surface area contributed by atoms with E-state index in [1.165, 1.54) is 11.3 Å². The summed E-state index contributed by atoms with van der Waals surface area (Å²) < 4.78 is 9.11. The molecule has 1 aliphatic heterocycles. The van der Waals surface area contributed by atoms with Crippen molar-refractivity contribution in [2.75, 3.05) is 26.7 Å². The van der Waals surface area contributed by atoms with E-state index in [-0.39, 0.29) is 5.56 Å². The van der Waals surface area contributed by atoms with Crippen molar-refractivity contribution >= 4 is 27.2 Å². The van der Waals surface area contributed by atoms with Gasteiger partial charge in [0.1, 0.15) is 5.75 Å². The van der Waals surface area contributed by atoms with Gasteiger partial charge in [-0.25, -0.2) is 4.98 Å². The fourth-order valence-electron chi connectivity index (χ4n) is 4.75. The minimum absolute atomic E-state index is 0.0192. The highest BCUT2D eigenvalue weighted by Gasteiger charge is 2.26. The van der Waals surface area contributed by atoms with Crippen LogP contribution < -0.4 is 10.3 Å². The standard InChI is InChI=1S/C25H25N7O2S/c1-34-21-9-5-3-7-19(21)23-29-32-22(27-28-25(32)35-23)17-10-12-30(13-11-17)14-15-31-16-26-20-8-4-2-6-18(20)24(31)33/h2-9,16-17H,10-15H2,1H3. The van der Waals surface area contributed by atoms with E-state index in [1.54, 1.807) is 18.0 Å². The van der Waals surface area contributed by atoms with Crippen LogP contribution >= 0.6 is 11.3 Å². The normalized spacial score (nSPS) is 15.2. The van der Waals surface area contributed by atoms with E-state index < -0.39 is 0 Å². The Morgan fingerprint density at radius 2 is 1.83 bits per heavy atom. The topological polar surface area (TPSA) is 90.4 Å². The maximum atomic E-state index is 12.8. The molecule has 0 spiro atoms. The molecule has 0 unspecified atom stereocenters. The maximum absolute atomic E-state index is 12.8. The third kappa shape index (κ3) is 4.08. The number of hydrogen-bond acceptors (Lipinski definition) is 8. The van der Waals surface area contributed by atoms with Crippen LogP contribution in [0.15, 0.2) is 59.7 Å². The van der Waals surface area contributed by atoms with Crippen LogP contribution in [0.1, 0.15) is 24.6 Å². The van der Waals surface area contributed by atoms with Crippen LogP contribution in [0.3, 0.4) is 0 Å². The molecule has 6 rings (SSSR count). The molecule has 35 heavy (non-hydrogen) atoms. The Hall–Kier alpha value is -3.63. The highest BCUT2D eigenvalue weighted by Crippen LogP contribution is 2.34. The molecule has 1 fully saturated rings. The van der Waals surface area contributed by atoms with Gasteiger partial charge in [0, 0.05) is 19.0 Å². The number of ether oxygens (including phenoxy) is 1. The molecule has 1 saturated heterocycles. The first kappa shape index (κ1) is 21.9. The minimum atomic E-state index is 0.0192. The van der Waals surface area contributed by atoms with Crippen LogP contribution in [-0.4, -0.2) is 61.0 Å². The number of fused-ring (bicyclic) bond motifs is 2. The Morgan fingerprint density at radius 1 is 1.03 bits per heavy atom. The quantitative estimate of drug-likeness (QED) is 0.362. The Kier molecular flexibility index (Phi) is 5.75. The number of para-hydroxylation sites is 2. The number of aromatic nitrogens is 6. The van der Waals surface area contributed by atoms with Gasteiger partial charge in [-0.2, -0.15) is 9.61 Å². The molecule has 1 aliphatic rings. The van der Waals surface area contributed by atoms with Crippen LogP contribution in [0.4, 0.5) is 0 Å². The average Bonchev–Trinajstić information content (AvgIpc) is 3.50. The molecule has 0 radical (unpaired) electrons. The van der Waals surface area contributed by atoms with Gasteiger partial charge in [0.2, 0.25) is 4.96 Å². The number of hydrogen-bond donors (Lipinski definition) is 0. The van der Waals surface area contributed by atoms with E-state index in [0.717, 1.165) is 65.1 Å². The Bertz CT molecular complexity index is 1550. The maximum Gasteiger partial charge on any atom is 0.261 e. The summed E-state index contributed by atoms with van der Waals surface area (Å²) in [6.07, 6.45) is 3.62. The number of likely N-dealkylation sites (tertiary alicyclic amines) is 1. The molecule has 0 N–H and O–H groups in total. The molecule has 0 amide bonds. The van der Waals surface area contributed by atoms with Gasteiger partial charge in [-0.15, -0.1) is 10.2 Å². The first-order chi connectivity index (χ1) is 17.2. The lowest BCUT2D eigenvalue weighted by Gasteiger charge is -2.30. The summed E-state index contributed by atoms with van der Waals surface area (Å²) in [5.74, 6) is 2.03. The van der Waals surface area contributed by atoms with Crippen molar-refractivity contribution in [3.63, 3.8) is 0 Å². The van der Waals surface area contributed by atoms with Crippen molar-refractivity contribution in [2.45, 2.75) is 25.3 Å². The van der Waals surface area contributed by atoms with Gasteiger partial charge < -0.3 is 9.64 Å². The third-order valence-corrected chi connectivity index (χ3v) is 7.63. The highest BCUT2D eigenvalue weighted by molar-refractivity contribution is 7.19. The lowest BCUT2D eigenvalue weighted by atomic mass is 9.96. The summed E-state index contributed by atoms with van der Waals surface area (Å²) in [6, 6.07) is 15.4. The van der Waals surface area contributed by atoms with Crippen molar-refractivity contribution in [3.05, 3.63) is 71.0 Å². The first-order valence-electron chi connectivity index (χ1n) is 11.7. The molecular weight excluding hydrogens is 462 g/mol. The summed E-state index contributed by atoms with van der Waals surface area (Å²) in [6.45, 7) is 3.33. The van der Waals surface area contributed by atoms with Gasteiger partial charge in [-0.3, -0.25) is 9.36 Å². The van der Waals surface area contributed by atoms with E-state index in [4.69, 9.17) is 9.84 Å². The molecule has 0 aliphatic carbocycles. The first-order valence-corrected chi connectivity index (χ1v) is 12.5. The van der Waals surface area contributed by atoms with Gasteiger partial charge >= 0.3 is 0 Å². The SMILES string of the molecule is COc1ccccc1-c1nn2c(C3CCN(CCn4cnc5ccccc5c4=O)CC3)nnc2s1. The second-order valence-electron chi connectivity index (χ2n) is 8.74. The molecule has 3 aromatic heterocycles. The Morgan fingerprint density at radius 3 is 2.69 bits per heavy atom. The largest absolute Gasteiger partial charge is 0.496 e. The zero-order valence-corrected chi connectivity index (χ0v) is 20.2. The summed E-state index contributed by atoms with van der Waals surface area (Å²) >= 11 is 1.52. The lowest BCUT2D eigenvalue weighted by molar-refractivity contribution is 0.201. The number of methoxy groups -OCH3 is 1. The number of rotatable bonds is 6. The van der Waals surface area contributed by atoms with Crippen LogP contribution in [0.2, 0.25) is 0 Å². The predicted octanol–water partition coefficient (Wildman–Crippen LogP) is 3.45. The highest BCUT2D eigenvalue weighted by atomic mass is 32.1. The second kappa shape index (κ2) is 9.20. The van der Waals surface area contributed by atoms with Gasteiger partial charge in [-0.05, 0) is 50.2 Å². The number of piperidine rings is 1. The number of nitrogens with zero attached hydrogens (tertiary/aromatic N) is 7. The molecule has 9 nitrogen and oxygen atoms in total. The van der Waals surface area contributed by atoms with E-state index in [1.807, 2.05) is 53.0 Å². The van der Waals surface area contributed by atoms with E-state index in [9.17, 15) is 4.79 Å². The van der Waals surface area contributed by atoms with Gasteiger partial charge in [0.05, 0.1) is 29.9 Å². The van der Waals surface area contributed by atoms with Crippen molar-refractivity contribution < 1.29 is 4.74 Å². The lowest BCUT2D eigenvalue weighted by Crippen LogP contribution is -2.37. The summed E-state index contributed by atoms with van der Waals surface area (Å²) in [7, 11) is 1.67. The number of benzene rings is 2.